The van der Waals surface area contributed by atoms with Crippen molar-refractivity contribution in [1.29, 1.82) is 0 Å². The van der Waals surface area contributed by atoms with E-state index in [1.165, 1.54) is 17.6 Å². The van der Waals surface area contributed by atoms with E-state index in [0.29, 0.717) is 84.4 Å². The topological polar surface area (TPSA) is 207 Å². The highest BCUT2D eigenvalue weighted by atomic mass is 35.5. The Kier molecular flexibility index (Phi) is 13.0. The van der Waals surface area contributed by atoms with Crippen LogP contribution in [0.3, 0.4) is 0 Å². The van der Waals surface area contributed by atoms with Crippen molar-refractivity contribution in [1.82, 2.24) is 30.4 Å². The van der Waals surface area contributed by atoms with Gasteiger partial charge < -0.3 is 49.3 Å². The largest absolute Gasteiger partial charge is 0.491 e. The maximum Gasteiger partial charge on any atom is 0.408 e. The van der Waals surface area contributed by atoms with E-state index in [1.54, 1.807) is 12.1 Å². The van der Waals surface area contributed by atoms with Crippen LogP contribution in [0.2, 0.25) is 5.02 Å². The molecule has 0 radical (unpaired) electrons. The number of aliphatic carboxylic acids is 1. The molecule has 2 aromatic heterocycles. The third-order valence-electron chi connectivity index (χ3n) is 13.8. The van der Waals surface area contributed by atoms with Crippen molar-refractivity contribution in [3.05, 3.63) is 29.5 Å². The van der Waals surface area contributed by atoms with Gasteiger partial charge in [0.15, 0.2) is 0 Å². The molecule has 2 aliphatic heterocycles. The second-order valence-corrected chi connectivity index (χ2v) is 20.9. The molecule has 5 aliphatic rings. The molecule has 0 spiro atoms. The summed E-state index contributed by atoms with van der Waals surface area (Å²) in [5.41, 5.74) is -1.20. The van der Waals surface area contributed by atoms with Crippen LogP contribution in [0.15, 0.2) is 28.9 Å². The van der Waals surface area contributed by atoms with Crippen molar-refractivity contribution in [2.75, 3.05) is 44.8 Å². The summed E-state index contributed by atoms with van der Waals surface area (Å²) >= 11 is 7.14. The molecular weight excluding hydrogens is 858 g/mol. The molecular formula is C47H64ClN7O10. The highest BCUT2D eigenvalue weighted by molar-refractivity contribution is 6.36. The van der Waals surface area contributed by atoms with Gasteiger partial charge in [-0.25, -0.2) is 14.6 Å². The number of likely N-dealkylation sites (tertiary alicyclic amines) is 1. The molecule has 3 aromatic rings. The highest BCUT2D eigenvalue weighted by Gasteiger charge is 2.61. The van der Waals surface area contributed by atoms with Gasteiger partial charge in [-0.3, -0.25) is 14.5 Å². The maximum atomic E-state index is 14.8. The Bertz CT molecular complexity index is 2290. The van der Waals surface area contributed by atoms with Crippen LogP contribution in [0.1, 0.15) is 93.9 Å². The van der Waals surface area contributed by atoms with Crippen LogP contribution in [-0.2, 0) is 23.9 Å². The Hall–Kier alpha value is -4.87. The summed E-state index contributed by atoms with van der Waals surface area (Å²) in [6.45, 7) is 18.6. The van der Waals surface area contributed by atoms with Gasteiger partial charge in [0, 0.05) is 42.5 Å². The van der Waals surface area contributed by atoms with Gasteiger partial charge in [-0.1, -0.05) is 45.7 Å². The van der Waals surface area contributed by atoms with Crippen LogP contribution in [0.5, 0.6) is 11.5 Å². The van der Waals surface area contributed by atoms with E-state index in [9.17, 15) is 24.3 Å². The van der Waals surface area contributed by atoms with Crippen molar-refractivity contribution in [3.8, 4) is 22.9 Å². The number of hydrogen-bond donors (Lipinski definition) is 4. The van der Waals surface area contributed by atoms with Crippen LogP contribution < -0.4 is 25.4 Å². The summed E-state index contributed by atoms with van der Waals surface area (Å²) in [5, 5.41) is 19.9. The number of benzene rings is 1. The number of nitrogens with zero attached hydrogens (tertiary/aromatic N) is 4. The van der Waals surface area contributed by atoms with E-state index in [4.69, 9.17) is 39.9 Å². The molecule has 65 heavy (non-hydrogen) atoms. The second kappa shape index (κ2) is 18.1. The number of nitrogens with one attached hydrogen (secondary N) is 3. The first-order valence-corrected chi connectivity index (χ1v) is 23.4. The zero-order chi connectivity index (χ0) is 46.6. The first-order valence-electron chi connectivity index (χ1n) is 23.1. The van der Waals surface area contributed by atoms with Crippen molar-refractivity contribution in [2.24, 2.45) is 23.2 Å². The van der Waals surface area contributed by atoms with E-state index in [1.807, 2.05) is 47.6 Å². The zero-order valence-corrected chi connectivity index (χ0v) is 39.5. The van der Waals surface area contributed by atoms with Gasteiger partial charge in [0.25, 0.3) is 6.01 Å². The molecule has 2 saturated heterocycles. The number of rotatable bonds is 16. The van der Waals surface area contributed by atoms with Crippen molar-refractivity contribution in [3.63, 3.8) is 0 Å². The molecule has 18 heteroatoms. The molecule has 1 unspecified atom stereocenters. The minimum absolute atomic E-state index is 0.0224. The molecule has 3 saturated carbocycles. The van der Waals surface area contributed by atoms with Gasteiger partial charge in [-0.05, 0) is 88.7 Å². The molecule has 0 bridgehead atoms. The lowest BCUT2D eigenvalue weighted by molar-refractivity contribution is -0.146. The fourth-order valence-corrected chi connectivity index (χ4v) is 10.1. The molecule has 4 N–H and O–H groups in total. The lowest BCUT2D eigenvalue weighted by Gasteiger charge is -2.41. The SMILES string of the molecule is CC[C@@H]1C[C@]1(NC(=O)[C@@H]1C[C@@H](Oc2cc(-c3coc(NC(C)C)n3)nc3c(Cl)c(OCCN4CCOCC4(C)C)ccc23)CN1C(=O)C(NC(=O)O[C@@H]1C[C@@H]2C[C@@H]2C1)C(C)(C)C)C(=O)O. The standard InChI is InChI=1S/C47H64ClN7O10/c1-9-28-21-47(28,42(58)59)53-40(56)34-19-30(22-55(34)41(57)39(45(4,5)6)52-44(60)65-29-17-26-16-27(26)18-29)64-36-20-32(33-23-63-43(51-33)49-25(2)3)50-38-31(36)10-11-35(37(38)48)62-15-13-54-12-14-61-24-46(54,7)8/h10-11,20,23,25-30,34,39H,9,12-19,21-22,24H2,1-8H3,(H,49,51)(H,52,60)(H,53,56)(H,58,59)/t26-,27+,28-,29+,30-,34+,39?,47-/m1/s1. The van der Waals surface area contributed by atoms with Crippen LogP contribution >= 0.6 is 11.6 Å². The van der Waals surface area contributed by atoms with Crippen LogP contribution in [0, 0.1) is 23.2 Å². The number of oxazole rings is 1. The van der Waals surface area contributed by atoms with Gasteiger partial charge in [-0.15, -0.1) is 0 Å². The van der Waals surface area contributed by atoms with Crippen molar-refractivity contribution in [2.45, 2.75) is 135 Å². The molecule has 17 nitrogen and oxygen atoms in total. The number of halogens is 1. The molecule has 354 valence electrons. The Morgan fingerprint density at radius 1 is 1.03 bits per heavy atom. The third kappa shape index (κ3) is 9.97. The van der Waals surface area contributed by atoms with Gasteiger partial charge in [0.05, 0.1) is 31.0 Å². The fraction of sp³-hybridized carbons (Fsp3) is 0.660. The third-order valence-corrected chi connectivity index (χ3v) is 14.1. The molecule has 3 amide bonds. The molecule has 8 rings (SSSR count). The number of hydrogen-bond acceptors (Lipinski definition) is 13. The summed E-state index contributed by atoms with van der Waals surface area (Å²) < 4.78 is 30.3. The Balaban J connectivity index is 1.09. The molecule has 4 heterocycles. The first kappa shape index (κ1) is 46.7. The van der Waals surface area contributed by atoms with Crippen molar-refractivity contribution < 1.29 is 47.6 Å². The first-order chi connectivity index (χ1) is 30.8. The number of aromatic nitrogens is 2. The smallest absolute Gasteiger partial charge is 0.408 e. The van der Waals surface area contributed by atoms with Gasteiger partial charge >= 0.3 is 12.1 Å². The second-order valence-electron chi connectivity index (χ2n) is 20.6. The number of pyridine rings is 1. The molecule has 3 aliphatic carbocycles. The maximum absolute atomic E-state index is 14.8. The number of amides is 3. The van der Waals surface area contributed by atoms with Crippen molar-refractivity contribution >= 4 is 52.4 Å². The van der Waals surface area contributed by atoms with Gasteiger partial charge in [0.2, 0.25) is 11.8 Å². The van der Waals surface area contributed by atoms with Crippen LogP contribution in [-0.4, -0.2) is 130 Å². The minimum Gasteiger partial charge on any atom is -0.491 e. The summed E-state index contributed by atoms with van der Waals surface area (Å²) in [7, 11) is 0. The lowest BCUT2D eigenvalue weighted by Crippen LogP contribution is -2.59. The van der Waals surface area contributed by atoms with Gasteiger partial charge in [0.1, 0.15) is 64.9 Å². The summed E-state index contributed by atoms with van der Waals surface area (Å²) in [6, 6.07) is 3.44. The summed E-state index contributed by atoms with van der Waals surface area (Å²) in [6.07, 6.45) is 3.48. The Morgan fingerprint density at radius 3 is 2.45 bits per heavy atom. The summed E-state index contributed by atoms with van der Waals surface area (Å²) in [5.74, 6) is -0.524. The summed E-state index contributed by atoms with van der Waals surface area (Å²) in [4.78, 5) is 68.4. The Labute approximate surface area is 385 Å². The van der Waals surface area contributed by atoms with E-state index in [2.05, 4.69) is 39.7 Å². The van der Waals surface area contributed by atoms with E-state index in [0.717, 1.165) is 19.4 Å². The van der Waals surface area contributed by atoms with Gasteiger partial charge in [-0.2, -0.15) is 4.98 Å². The molecule has 1 aromatic carbocycles. The highest BCUT2D eigenvalue weighted by Crippen LogP contribution is 2.52. The van der Waals surface area contributed by atoms with Crippen LogP contribution in [0.25, 0.3) is 22.3 Å². The number of ether oxygens (including phenoxy) is 4. The molecule has 8 atom stereocenters. The van der Waals surface area contributed by atoms with E-state index < -0.39 is 53.0 Å². The number of fused-ring (bicyclic) bond motifs is 2. The molecule has 5 fully saturated rings. The number of carbonyl (C=O) groups excluding carboxylic acids is 3. The fourth-order valence-electron chi connectivity index (χ4n) is 9.85. The van der Waals surface area contributed by atoms with Crippen LogP contribution in [0.4, 0.5) is 10.8 Å². The normalized spacial score (nSPS) is 27.5. The van der Waals surface area contributed by atoms with E-state index in [-0.39, 0.29) is 48.0 Å². The average Bonchev–Trinajstić information content (AvgIpc) is 3.91. The quantitative estimate of drug-likeness (QED) is 0.121. The number of alkyl carbamates (subject to hydrolysis) is 1. The lowest BCUT2D eigenvalue weighted by atomic mass is 9.85. The average molecular weight is 923 g/mol. The number of carboxylic acids is 1. The van der Waals surface area contributed by atoms with E-state index >= 15 is 0 Å². The number of morpholine rings is 1. The zero-order valence-electron chi connectivity index (χ0n) is 38.7. The predicted molar refractivity (Wildman–Crippen MR) is 242 cm³/mol. The number of carbonyl (C=O) groups is 4. The minimum atomic E-state index is -1.43. The monoisotopic (exact) mass is 921 g/mol. The predicted octanol–water partition coefficient (Wildman–Crippen LogP) is 6.51. The number of carboxylic acid groups (broad SMARTS) is 1. The number of anilines is 1. The Morgan fingerprint density at radius 2 is 1.78 bits per heavy atom.